The molecule has 0 atom stereocenters. The Kier molecular flexibility index (Phi) is 9.98. The van der Waals surface area contributed by atoms with E-state index >= 15 is 0 Å². The van der Waals surface area contributed by atoms with E-state index in [1.807, 2.05) is 19.1 Å². The van der Waals surface area contributed by atoms with Crippen LogP contribution in [-0.4, -0.2) is 25.6 Å². The summed E-state index contributed by atoms with van der Waals surface area (Å²) in [6.07, 6.45) is 1.44. The second-order valence-electron chi connectivity index (χ2n) is 7.48. The molecule has 1 amide bonds. The SMILES string of the molecule is CCOc1cc(/C=C(\C#N)C(=O)Nc2ccc(C(=O)OC)cc2)c(Br)cc1OCc1ccc(Cl)c(Cl)c1. The number of esters is 1. The van der Waals surface area contributed by atoms with Crippen LogP contribution in [0.1, 0.15) is 28.4 Å². The fourth-order valence-electron chi connectivity index (χ4n) is 3.14. The number of amides is 1. The first-order valence-corrected chi connectivity index (χ1v) is 12.4. The maximum absolute atomic E-state index is 12.7. The molecule has 0 radical (unpaired) electrons. The van der Waals surface area contributed by atoms with Crippen LogP contribution in [0.4, 0.5) is 5.69 Å². The van der Waals surface area contributed by atoms with Crippen LogP contribution in [0.5, 0.6) is 11.5 Å². The first-order valence-electron chi connectivity index (χ1n) is 10.9. The molecule has 0 spiro atoms. The van der Waals surface area contributed by atoms with Crippen LogP contribution in [0.2, 0.25) is 10.0 Å². The number of carbonyl (C=O) groups is 2. The fourth-order valence-corrected chi connectivity index (χ4v) is 3.90. The number of benzene rings is 3. The molecule has 0 aliphatic heterocycles. The predicted octanol–water partition coefficient (Wildman–Crippen LogP) is 7.07. The summed E-state index contributed by atoms with van der Waals surface area (Å²) in [5, 5.41) is 13.1. The van der Waals surface area contributed by atoms with Crippen molar-refractivity contribution >= 4 is 62.8 Å². The number of ether oxygens (including phenoxy) is 3. The average molecular weight is 604 g/mol. The topological polar surface area (TPSA) is 97.7 Å². The van der Waals surface area contributed by atoms with Gasteiger partial charge in [0.25, 0.3) is 5.91 Å². The lowest BCUT2D eigenvalue weighted by atomic mass is 10.1. The quantitative estimate of drug-likeness (QED) is 0.160. The van der Waals surface area contributed by atoms with Gasteiger partial charge in [0.05, 0.1) is 29.3 Å². The van der Waals surface area contributed by atoms with E-state index in [1.54, 1.807) is 36.4 Å². The normalized spacial score (nSPS) is 10.9. The van der Waals surface area contributed by atoms with Crippen LogP contribution >= 0.6 is 39.1 Å². The van der Waals surface area contributed by atoms with E-state index in [0.29, 0.717) is 49.4 Å². The number of carbonyl (C=O) groups excluding carboxylic acids is 2. The van der Waals surface area contributed by atoms with Gasteiger partial charge < -0.3 is 19.5 Å². The van der Waals surface area contributed by atoms with Gasteiger partial charge in [0.2, 0.25) is 0 Å². The van der Waals surface area contributed by atoms with Crippen molar-refractivity contribution in [2.75, 3.05) is 19.0 Å². The highest BCUT2D eigenvalue weighted by Crippen LogP contribution is 2.36. The third-order valence-electron chi connectivity index (χ3n) is 4.97. The molecule has 37 heavy (non-hydrogen) atoms. The van der Waals surface area contributed by atoms with Gasteiger partial charge in [-0.1, -0.05) is 45.2 Å². The molecule has 3 aromatic carbocycles. The Hall–Kier alpha value is -3.51. The molecule has 0 aliphatic rings. The number of anilines is 1. The zero-order valence-corrected chi connectivity index (χ0v) is 22.9. The van der Waals surface area contributed by atoms with Crippen molar-refractivity contribution in [3.63, 3.8) is 0 Å². The summed E-state index contributed by atoms with van der Waals surface area (Å²) in [7, 11) is 1.28. The van der Waals surface area contributed by atoms with Gasteiger partial charge >= 0.3 is 5.97 Å². The van der Waals surface area contributed by atoms with Crippen molar-refractivity contribution in [1.29, 1.82) is 5.26 Å². The lowest BCUT2D eigenvalue weighted by molar-refractivity contribution is -0.112. The molecular formula is C27H21BrCl2N2O5. The highest BCUT2D eigenvalue weighted by molar-refractivity contribution is 9.10. The smallest absolute Gasteiger partial charge is 0.337 e. The molecule has 0 unspecified atom stereocenters. The summed E-state index contributed by atoms with van der Waals surface area (Å²) in [4.78, 5) is 24.3. The fraction of sp³-hybridized carbons (Fsp3) is 0.148. The largest absolute Gasteiger partial charge is 0.490 e. The summed E-state index contributed by atoms with van der Waals surface area (Å²) in [6.45, 7) is 2.43. The Balaban J connectivity index is 1.81. The number of nitrogens with one attached hydrogen (secondary N) is 1. The molecule has 0 aromatic heterocycles. The Morgan fingerprint density at radius 3 is 2.35 bits per heavy atom. The van der Waals surface area contributed by atoms with Crippen molar-refractivity contribution in [1.82, 2.24) is 0 Å². The minimum Gasteiger partial charge on any atom is -0.490 e. The number of halogens is 3. The molecular weight excluding hydrogens is 583 g/mol. The number of nitrogens with zero attached hydrogens (tertiary/aromatic N) is 1. The summed E-state index contributed by atoms with van der Waals surface area (Å²) in [6, 6.07) is 16.6. The van der Waals surface area contributed by atoms with Crippen LogP contribution in [0.25, 0.3) is 6.08 Å². The van der Waals surface area contributed by atoms with E-state index in [-0.39, 0.29) is 12.2 Å². The Bertz CT molecular complexity index is 1380. The second kappa shape index (κ2) is 13.2. The summed E-state index contributed by atoms with van der Waals surface area (Å²) in [5.74, 6) is -0.202. The molecule has 0 aliphatic carbocycles. The minimum absolute atomic E-state index is 0.135. The Morgan fingerprint density at radius 2 is 1.73 bits per heavy atom. The molecule has 7 nitrogen and oxygen atoms in total. The standard InChI is InChI=1S/C27H21BrCl2N2O5/c1-3-36-24-12-18(21(28)13-25(24)37-15-16-4-9-22(29)23(30)10-16)11-19(14-31)26(33)32-20-7-5-17(6-8-20)27(34)35-2/h4-13H,3,15H2,1-2H3,(H,32,33)/b19-11+. The highest BCUT2D eigenvalue weighted by Gasteiger charge is 2.15. The third-order valence-corrected chi connectivity index (χ3v) is 6.40. The molecule has 190 valence electrons. The third kappa shape index (κ3) is 7.49. The van der Waals surface area contributed by atoms with Gasteiger partial charge in [0.1, 0.15) is 18.2 Å². The molecule has 10 heteroatoms. The van der Waals surface area contributed by atoms with Crippen molar-refractivity contribution in [3.8, 4) is 17.6 Å². The maximum Gasteiger partial charge on any atom is 0.337 e. The number of nitriles is 1. The zero-order chi connectivity index (χ0) is 26.9. The first-order chi connectivity index (χ1) is 17.7. The summed E-state index contributed by atoms with van der Waals surface area (Å²) in [5.41, 5.74) is 1.98. The predicted molar refractivity (Wildman–Crippen MR) is 146 cm³/mol. The number of hydrogen-bond donors (Lipinski definition) is 1. The monoisotopic (exact) mass is 602 g/mol. The average Bonchev–Trinajstić information content (AvgIpc) is 2.89. The van der Waals surface area contributed by atoms with E-state index in [2.05, 4.69) is 26.0 Å². The van der Waals surface area contributed by atoms with E-state index in [9.17, 15) is 14.9 Å². The first kappa shape index (κ1) is 28.1. The molecule has 0 heterocycles. The van der Waals surface area contributed by atoms with E-state index in [1.165, 1.54) is 25.3 Å². The molecule has 0 saturated carbocycles. The minimum atomic E-state index is -0.613. The van der Waals surface area contributed by atoms with Gasteiger partial charge in [-0.25, -0.2) is 4.79 Å². The summed E-state index contributed by atoms with van der Waals surface area (Å²) < 4.78 is 16.9. The lowest BCUT2D eigenvalue weighted by Crippen LogP contribution is -2.13. The molecule has 0 saturated heterocycles. The molecule has 0 fully saturated rings. The molecule has 3 rings (SSSR count). The van der Waals surface area contributed by atoms with Crippen molar-refractivity contribution in [2.45, 2.75) is 13.5 Å². The van der Waals surface area contributed by atoms with Crippen molar-refractivity contribution in [3.05, 3.63) is 91.4 Å². The van der Waals surface area contributed by atoms with E-state index in [4.69, 9.17) is 32.7 Å². The van der Waals surface area contributed by atoms with Gasteiger partial charge in [-0.3, -0.25) is 4.79 Å². The van der Waals surface area contributed by atoms with Crippen molar-refractivity contribution in [2.24, 2.45) is 0 Å². The number of rotatable bonds is 9. The number of methoxy groups -OCH3 is 1. The molecule has 0 bridgehead atoms. The summed E-state index contributed by atoms with van der Waals surface area (Å²) >= 11 is 15.5. The van der Waals surface area contributed by atoms with Crippen LogP contribution in [0.3, 0.4) is 0 Å². The number of hydrogen-bond acceptors (Lipinski definition) is 6. The zero-order valence-electron chi connectivity index (χ0n) is 19.8. The van der Waals surface area contributed by atoms with Crippen LogP contribution in [0.15, 0.2) is 64.6 Å². The highest BCUT2D eigenvalue weighted by atomic mass is 79.9. The van der Waals surface area contributed by atoms with Crippen LogP contribution < -0.4 is 14.8 Å². The van der Waals surface area contributed by atoms with Gasteiger partial charge in [-0.05, 0) is 72.7 Å². The van der Waals surface area contributed by atoms with Gasteiger partial charge in [-0.15, -0.1) is 0 Å². The molecule has 1 N–H and O–H groups in total. The van der Waals surface area contributed by atoms with E-state index in [0.717, 1.165) is 5.56 Å². The Labute approximate surface area is 232 Å². The van der Waals surface area contributed by atoms with Gasteiger partial charge in [0, 0.05) is 10.2 Å². The van der Waals surface area contributed by atoms with Gasteiger partial charge in [-0.2, -0.15) is 5.26 Å². The van der Waals surface area contributed by atoms with E-state index < -0.39 is 11.9 Å². The van der Waals surface area contributed by atoms with Gasteiger partial charge in [0.15, 0.2) is 11.5 Å². The lowest BCUT2D eigenvalue weighted by Gasteiger charge is -2.14. The van der Waals surface area contributed by atoms with Crippen molar-refractivity contribution < 1.29 is 23.8 Å². The molecule has 3 aromatic rings. The maximum atomic E-state index is 12.7. The van der Waals surface area contributed by atoms with Crippen LogP contribution in [0, 0.1) is 11.3 Å². The second-order valence-corrected chi connectivity index (χ2v) is 9.15. The Morgan fingerprint density at radius 1 is 1.03 bits per heavy atom. The van der Waals surface area contributed by atoms with Crippen LogP contribution in [-0.2, 0) is 16.1 Å².